The topological polar surface area (TPSA) is 80.5 Å². The molecule has 0 aliphatic carbocycles. The molecule has 0 bridgehead atoms. The van der Waals surface area contributed by atoms with Gasteiger partial charge in [-0.25, -0.2) is 4.79 Å². The molecule has 0 radical (unpaired) electrons. The summed E-state index contributed by atoms with van der Waals surface area (Å²) in [4.78, 5) is 23.1. The van der Waals surface area contributed by atoms with Crippen LogP contribution in [-0.2, 0) is 11.3 Å². The molecule has 3 aromatic heterocycles. The van der Waals surface area contributed by atoms with Gasteiger partial charge >= 0.3 is 5.97 Å². The number of aromatic nitrogens is 2. The SMILES string of the molecule is COC(=O)c1cccc(-c2ccc([C@@H]3[C@H](c4ccccn4)NC(=S)N3Cc3ccccn3)o2)c1. The van der Waals surface area contributed by atoms with Gasteiger partial charge in [0, 0.05) is 18.0 Å². The van der Waals surface area contributed by atoms with Crippen molar-refractivity contribution >= 4 is 23.3 Å². The maximum absolute atomic E-state index is 12.0. The van der Waals surface area contributed by atoms with E-state index in [0.717, 1.165) is 22.7 Å². The second-order valence-electron chi connectivity index (χ2n) is 7.85. The second kappa shape index (κ2) is 9.44. The zero-order valence-electron chi connectivity index (χ0n) is 18.4. The third-order valence-corrected chi connectivity index (χ3v) is 6.10. The van der Waals surface area contributed by atoms with Gasteiger partial charge in [-0.1, -0.05) is 24.3 Å². The number of rotatable bonds is 6. The summed E-state index contributed by atoms with van der Waals surface area (Å²) >= 11 is 5.72. The van der Waals surface area contributed by atoms with E-state index in [1.54, 1.807) is 30.6 Å². The van der Waals surface area contributed by atoms with Crippen LogP contribution in [0.1, 0.15) is 39.6 Å². The van der Waals surface area contributed by atoms with Crippen molar-refractivity contribution in [3.05, 3.63) is 108 Å². The monoisotopic (exact) mass is 470 g/mol. The molecule has 0 amide bonds. The maximum atomic E-state index is 12.0. The molecule has 0 spiro atoms. The molecule has 5 rings (SSSR count). The van der Waals surface area contributed by atoms with Crippen LogP contribution in [-0.4, -0.2) is 33.1 Å². The Morgan fingerprint density at radius 1 is 1.06 bits per heavy atom. The Bertz CT molecular complexity index is 1310. The molecule has 1 aliphatic heterocycles. The van der Waals surface area contributed by atoms with Crippen molar-refractivity contribution in [3.63, 3.8) is 0 Å². The number of hydrogen-bond acceptors (Lipinski definition) is 6. The summed E-state index contributed by atoms with van der Waals surface area (Å²) in [6.07, 6.45) is 3.54. The quantitative estimate of drug-likeness (QED) is 0.321. The van der Waals surface area contributed by atoms with Gasteiger partial charge in [-0.2, -0.15) is 0 Å². The largest absolute Gasteiger partial charge is 0.465 e. The Morgan fingerprint density at radius 2 is 1.88 bits per heavy atom. The summed E-state index contributed by atoms with van der Waals surface area (Å²) < 4.78 is 11.2. The molecule has 2 atom stereocenters. The molecule has 1 aromatic carbocycles. The van der Waals surface area contributed by atoms with E-state index in [1.165, 1.54) is 7.11 Å². The van der Waals surface area contributed by atoms with E-state index in [9.17, 15) is 4.79 Å². The molecule has 1 saturated heterocycles. The number of carbonyl (C=O) groups is 1. The standard InChI is InChI=1S/C26H22N4O3S/c1-32-25(31)18-8-6-7-17(15-18)21-11-12-22(33-21)24-23(20-10-3-5-14-28-20)29-26(34)30(24)16-19-9-2-4-13-27-19/h2-15,23-24H,16H2,1H3,(H,29,34)/t23-,24+/m0/s1. The van der Waals surface area contributed by atoms with Gasteiger partial charge < -0.3 is 19.4 Å². The fourth-order valence-corrected chi connectivity index (χ4v) is 4.44. The fraction of sp³-hybridized carbons (Fsp3) is 0.154. The highest BCUT2D eigenvalue weighted by atomic mass is 32.1. The Balaban J connectivity index is 1.52. The molecule has 1 aliphatic rings. The molecule has 1 N–H and O–H groups in total. The van der Waals surface area contributed by atoms with Crippen LogP contribution in [0.3, 0.4) is 0 Å². The zero-order valence-corrected chi connectivity index (χ0v) is 19.2. The van der Waals surface area contributed by atoms with Crippen LogP contribution in [0.4, 0.5) is 0 Å². The van der Waals surface area contributed by atoms with Gasteiger partial charge in [0.1, 0.15) is 17.6 Å². The molecule has 4 aromatic rings. The minimum atomic E-state index is -0.393. The van der Waals surface area contributed by atoms with Crippen LogP contribution in [0.5, 0.6) is 0 Å². The number of furan rings is 1. The number of methoxy groups -OCH3 is 1. The molecule has 7 nitrogen and oxygen atoms in total. The molecule has 8 heteroatoms. The van der Waals surface area contributed by atoms with Crippen molar-refractivity contribution in [2.24, 2.45) is 0 Å². The number of pyridine rings is 2. The third-order valence-electron chi connectivity index (χ3n) is 5.74. The Hall–Kier alpha value is -4.04. The van der Waals surface area contributed by atoms with Crippen LogP contribution in [0.15, 0.2) is 89.6 Å². The zero-order chi connectivity index (χ0) is 23.5. The highest BCUT2D eigenvalue weighted by Crippen LogP contribution is 2.41. The van der Waals surface area contributed by atoms with E-state index in [2.05, 4.69) is 20.2 Å². The van der Waals surface area contributed by atoms with E-state index < -0.39 is 5.97 Å². The molecule has 0 saturated carbocycles. The molecule has 34 heavy (non-hydrogen) atoms. The first-order valence-electron chi connectivity index (χ1n) is 10.8. The van der Waals surface area contributed by atoms with E-state index in [1.807, 2.05) is 54.6 Å². The van der Waals surface area contributed by atoms with Crippen LogP contribution < -0.4 is 5.32 Å². The minimum absolute atomic E-state index is 0.196. The first-order chi connectivity index (χ1) is 16.6. The Kier molecular flexibility index (Phi) is 6.05. The van der Waals surface area contributed by atoms with Gasteiger partial charge in [-0.05, 0) is 60.7 Å². The van der Waals surface area contributed by atoms with E-state index in [0.29, 0.717) is 23.0 Å². The highest BCUT2D eigenvalue weighted by molar-refractivity contribution is 7.80. The van der Waals surface area contributed by atoms with Crippen LogP contribution >= 0.6 is 12.2 Å². The summed E-state index contributed by atoms with van der Waals surface area (Å²) in [7, 11) is 1.37. The van der Waals surface area contributed by atoms with Gasteiger partial charge in [0.25, 0.3) is 0 Å². The normalized spacial score (nSPS) is 17.4. The second-order valence-corrected chi connectivity index (χ2v) is 8.24. The number of carbonyl (C=O) groups excluding carboxylic acids is 1. The number of ether oxygens (including phenoxy) is 1. The highest BCUT2D eigenvalue weighted by Gasteiger charge is 2.41. The van der Waals surface area contributed by atoms with Gasteiger partial charge in [0.15, 0.2) is 5.11 Å². The number of hydrogen-bond donors (Lipinski definition) is 1. The average molecular weight is 471 g/mol. The number of thiocarbonyl (C=S) groups is 1. The van der Waals surface area contributed by atoms with Crippen molar-refractivity contribution in [2.75, 3.05) is 7.11 Å². The summed E-state index contributed by atoms with van der Waals surface area (Å²) in [6.45, 7) is 0.522. The summed E-state index contributed by atoms with van der Waals surface area (Å²) in [6, 6.07) is 22.2. The van der Waals surface area contributed by atoms with Crippen LogP contribution in [0.2, 0.25) is 0 Å². The Morgan fingerprint density at radius 3 is 2.62 bits per heavy atom. The number of esters is 1. The lowest BCUT2D eigenvalue weighted by Crippen LogP contribution is -2.29. The van der Waals surface area contributed by atoms with Crippen molar-refractivity contribution in [3.8, 4) is 11.3 Å². The first-order valence-corrected chi connectivity index (χ1v) is 11.2. The molecule has 4 heterocycles. The summed E-state index contributed by atoms with van der Waals surface area (Å²) in [5.41, 5.74) is 3.01. The number of benzene rings is 1. The van der Waals surface area contributed by atoms with Crippen LogP contribution in [0.25, 0.3) is 11.3 Å². The Labute approximate surface area is 202 Å². The van der Waals surface area contributed by atoms with Gasteiger partial charge in [-0.3, -0.25) is 9.97 Å². The van der Waals surface area contributed by atoms with E-state index >= 15 is 0 Å². The van der Waals surface area contributed by atoms with Crippen molar-refractivity contribution in [1.82, 2.24) is 20.2 Å². The van der Waals surface area contributed by atoms with Gasteiger partial charge in [-0.15, -0.1) is 0 Å². The van der Waals surface area contributed by atoms with E-state index in [4.69, 9.17) is 21.4 Å². The van der Waals surface area contributed by atoms with Gasteiger partial charge in [0.05, 0.1) is 36.6 Å². The lowest BCUT2D eigenvalue weighted by Gasteiger charge is -2.25. The molecule has 1 fully saturated rings. The minimum Gasteiger partial charge on any atom is -0.465 e. The predicted molar refractivity (Wildman–Crippen MR) is 131 cm³/mol. The number of nitrogens with zero attached hydrogens (tertiary/aromatic N) is 3. The lowest BCUT2D eigenvalue weighted by atomic mass is 10.0. The average Bonchev–Trinajstić information content (AvgIpc) is 3.50. The summed E-state index contributed by atoms with van der Waals surface area (Å²) in [5, 5.41) is 4.02. The number of nitrogens with one attached hydrogen (secondary N) is 1. The van der Waals surface area contributed by atoms with Crippen molar-refractivity contribution in [2.45, 2.75) is 18.6 Å². The predicted octanol–water partition coefficient (Wildman–Crippen LogP) is 4.70. The molecule has 0 unspecified atom stereocenters. The maximum Gasteiger partial charge on any atom is 0.337 e. The molecular weight excluding hydrogens is 448 g/mol. The van der Waals surface area contributed by atoms with Gasteiger partial charge in [0.2, 0.25) is 0 Å². The summed E-state index contributed by atoms with van der Waals surface area (Å²) in [5.74, 6) is 0.990. The van der Waals surface area contributed by atoms with Crippen molar-refractivity contribution in [1.29, 1.82) is 0 Å². The van der Waals surface area contributed by atoms with Crippen molar-refractivity contribution < 1.29 is 13.9 Å². The molecule has 170 valence electrons. The third kappa shape index (κ3) is 4.27. The van der Waals surface area contributed by atoms with E-state index in [-0.39, 0.29) is 12.1 Å². The smallest absolute Gasteiger partial charge is 0.337 e. The first kappa shape index (κ1) is 21.8. The van der Waals surface area contributed by atoms with Crippen LogP contribution in [0, 0.1) is 0 Å². The molecular formula is C26H22N4O3S. The lowest BCUT2D eigenvalue weighted by molar-refractivity contribution is 0.0601. The fourth-order valence-electron chi connectivity index (χ4n) is 4.14.